The van der Waals surface area contributed by atoms with E-state index in [1.54, 1.807) is 0 Å². The number of nitrogens with two attached hydrogens (primary N) is 1. The molecule has 0 aliphatic carbocycles. The van der Waals surface area contributed by atoms with Gasteiger partial charge in [-0.1, -0.05) is 12.1 Å². The van der Waals surface area contributed by atoms with Gasteiger partial charge >= 0.3 is 0 Å². The van der Waals surface area contributed by atoms with Crippen molar-refractivity contribution >= 4 is 5.69 Å². The van der Waals surface area contributed by atoms with Gasteiger partial charge in [0.2, 0.25) is 0 Å². The summed E-state index contributed by atoms with van der Waals surface area (Å²) in [6.45, 7) is 3.60. The van der Waals surface area contributed by atoms with Crippen LogP contribution in [-0.2, 0) is 9.47 Å². The molecule has 1 heterocycles. The van der Waals surface area contributed by atoms with Crippen molar-refractivity contribution in [3.8, 4) is 0 Å². The fourth-order valence-electron chi connectivity index (χ4n) is 1.94. The van der Waals surface area contributed by atoms with Crippen LogP contribution in [0.1, 0.15) is 31.4 Å². The number of anilines is 1. The van der Waals surface area contributed by atoms with Gasteiger partial charge in [0.25, 0.3) is 0 Å². The van der Waals surface area contributed by atoms with Crippen molar-refractivity contribution in [3.05, 3.63) is 29.8 Å². The van der Waals surface area contributed by atoms with E-state index < -0.39 is 0 Å². The zero-order valence-electron chi connectivity index (χ0n) is 9.69. The molecule has 1 saturated heterocycles. The lowest BCUT2D eigenvalue weighted by Gasteiger charge is -2.16. The van der Waals surface area contributed by atoms with Crippen LogP contribution in [0.3, 0.4) is 0 Å². The van der Waals surface area contributed by atoms with E-state index in [0.717, 1.165) is 30.7 Å². The van der Waals surface area contributed by atoms with Crippen LogP contribution in [0.15, 0.2) is 24.3 Å². The molecule has 0 saturated carbocycles. The smallest absolute Gasteiger partial charge is 0.0809 e. The van der Waals surface area contributed by atoms with Crippen molar-refractivity contribution in [2.75, 3.05) is 18.9 Å². The lowest BCUT2D eigenvalue weighted by molar-refractivity contribution is -0.0148. The molecule has 2 unspecified atom stereocenters. The Morgan fingerprint density at radius 2 is 2.44 bits per heavy atom. The summed E-state index contributed by atoms with van der Waals surface area (Å²) >= 11 is 0. The van der Waals surface area contributed by atoms with Crippen molar-refractivity contribution in [1.82, 2.24) is 0 Å². The quantitative estimate of drug-likeness (QED) is 0.794. The minimum Gasteiger partial charge on any atom is -0.399 e. The van der Waals surface area contributed by atoms with Crippen LogP contribution in [0.4, 0.5) is 5.69 Å². The van der Waals surface area contributed by atoms with E-state index in [1.165, 1.54) is 0 Å². The van der Waals surface area contributed by atoms with Gasteiger partial charge in [0.1, 0.15) is 0 Å². The lowest BCUT2D eigenvalue weighted by atomic mass is 10.1. The molecule has 1 fully saturated rings. The Bertz CT molecular complexity index is 334. The Morgan fingerprint density at radius 3 is 3.12 bits per heavy atom. The summed E-state index contributed by atoms with van der Waals surface area (Å²) in [4.78, 5) is 0. The number of hydrogen-bond donors (Lipinski definition) is 1. The molecule has 0 radical (unpaired) electrons. The van der Waals surface area contributed by atoms with Gasteiger partial charge in [-0.05, 0) is 37.5 Å². The molecule has 0 bridgehead atoms. The average Bonchev–Trinajstić information content (AvgIpc) is 2.78. The van der Waals surface area contributed by atoms with E-state index in [0.29, 0.717) is 6.61 Å². The molecule has 2 rings (SSSR count). The number of rotatable bonds is 4. The second-order valence-electron chi connectivity index (χ2n) is 4.28. The molecule has 0 spiro atoms. The zero-order valence-corrected chi connectivity index (χ0v) is 9.69. The van der Waals surface area contributed by atoms with E-state index in [4.69, 9.17) is 15.2 Å². The molecule has 16 heavy (non-hydrogen) atoms. The first-order valence-electron chi connectivity index (χ1n) is 5.84. The summed E-state index contributed by atoms with van der Waals surface area (Å²) in [5.74, 6) is 0. The maximum Gasteiger partial charge on any atom is 0.0809 e. The molecular formula is C13H19NO2. The third-order valence-corrected chi connectivity index (χ3v) is 2.94. The van der Waals surface area contributed by atoms with Crippen molar-refractivity contribution in [1.29, 1.82) is 0 Å². The maximum atomic E-state index is 5.79. The van der Waals surface area contributed by atoms with E-state index in [2.05, 4.69) is 0 Å². The van der Waals surface area contributed by atoms with E-state index in [9.17, 15) is 0 Å². The summed E-state index contributed by atoms with van der Waals surface area (Å²) in [7, 11) is 0. The second-order valence-corrected chi connectivity index (χ2v) is 4.28. The number of ether oxygens (including phenoxy) is 2. The van der Waals surface area contributed by atoms with Gasteiger partial charge in [0.05, 0.1) is 18.8 Å². The van der Waals surface area contributed by atoms with Gasteiger partial charge < -0.3 is 15.2 Å². The lowest BCUT2D eigenvalue weighted by Crippen LogP contribution is -2.15. The minimum atomic E-state index is 0.0766. The Morgan fingerprint density at radius 1 is 1.56 bits per heavy atom. The van der Waals surface area contributed by atoms with Crippen LogP contribution in [0.25, 0.3) is 0 Å². The first-order valence-corrected chi connectivity index (χ1v) is 5.84. The van der Waals surface area contributed by atoms with E-state index >= 15 is 0 Å². The Kier molecular flexibility index (Phi) is 3.80. The Balaban J connectivity index is 1.85. The van der Waals surface area contributed by atoms with Gasteiger partial charge in [-0.25, -0.2) is 0 Å². The van der Waals surface area contributed by atoms with Crippen LogP contribution in [0, 0.1) is 0 Å². The maximum absolute atomic E-state index is 5.79. The fraction of sp³-hybridized carbons (Fsp3) is 0.538. The summed E-state index contributed by atoms with van der Waals surface area (Å²) < 4.78 is 11.3. The number of nitrogen functional groups attached to an aromatic ring is 1. The summed E-state index contributed by atoms with van der Waals surface area (Å²) in [6, 6.07) is 7.84. The first-order chi connectivity index (χ1) is 7.75. The molecule has 0 amide bonds. The van der Waals surface area contributed by atoms with Crippen molar-refractivity contribution in [2.45, 2.75) is 32.0 Å². The highest BCUT2D eigenvalue weighted by Gasteiger charge is 2.17. The number of benzene rings is 1. The SMILES string of the molecule is CC(OCC1CCCO1)c1cccc(N)c1. The predicted molar refractivity (Wildman–Crippen MR) is 64.2 cm³/mol. The van der Waals surface area contributed by atoms with E-state index in [-0.39, 0.29) is 12.2 Å². The molecule has 3 heteroatoms. The van der Waals surface area contributed by atoms with Gasteiger partial charge in [-0.2, -0.15) is 0 Å². The fourth-order valence-corrected chi connectivity index (χ4v) is 1.94. The second kappa shape index (κ2) is 5.32. The molecule has 0 aromatic heterocycles. The first kappa shape index (κ1) is 11.4. The molecule has 1 aliphatic rings. The standard InChI is InChI=1S/C13H19NO2/c1-10(11-4-2-5-12(14)8-11)16-9-13-6-3-7-15-13/h2,4-5,8,10,13H,3,6-7,9,14H2,1H3. The van der Waals surface area contributed by atoms with Crippen molar-refractivity contribution in [2.24, 2.45) is 0 Å². The van der Waals surface area contributed by atoms with Gasteiger partial charge in [-0.3, -0.25) is 0 Å². The highest BCUT2D eigenvalue weighted by molar-refractivity contribution is 5.41. The van der Waals surface area contributed by atoms with E-state index in [1.807, 2.05) is 31.2 Å². The highest BCUT2D eigenvalue weighted by Crippen LogP contribution is 2.21. The minimum absolute atomic E-state index is 0.0766. The largest absolute Gasteiger partial charge is 0.399 e. The molecule has 1 aromatic rings. The topological polar surface area (TPSA) is 44.5 Å². The zero-order chi connectivity index (χ0) is 11.4. The van der Waals surface area contributed by atoms with Crippen LogP contribution >= 0.6 is 0 Å². The monoisotopic (exact) mass is 221 g/mol. The average molecular weight is 221 g/mol. The highest BCUT2D eigenvalue weighted by atomic mass is 16.5. The molecular weight excluding hydrogens is 202 g/mol. The Hall–Kier alpha value is -1.06. The summed E-state index contributed by atoms with van der Waals surface area (Å²) in [6.07, 6.45) is 2.63. The van der Waals surface area contributed by atoms with Gasteiger partial charge in [0, 0.05) is 12.3 Å². The van der Waals surface area contributed by atoms with Crippen LogP contribution in [0.5, 0.6) is 0 Å². The van der Waals surface area contributed by atoms with Crippen molar-refractivity contribution in [3.63, 3.8) is 0 Å². The summed E-state index contributed by atoms with van der Waals surface area (Å²) in [5.41, 5.74) is 7.64. The molecule has 1 aromatic carbocycles. The van der Waals surface area contributed by atoms with Gasteiger partial charge in [0.15, 0.2) is 0 Å². The van der Waals surface area contributed by atoms with Crippen LogP contribution in [0.2, 0.25) is 0 Å². The van der Waals surface area contributed by atoms with Crippen LogP contribution in [-0.4, -0.2) is 19.3 Å². The molecule has 2 atom stereocenters. The third-order valence-electron chi connectivity index (χ3n) is 2.94. The van der Waals surface area contributed by atoms with Crippen LogP contribution < -0.4 is 5.73 Å². The third kappa shape index (κ3) is 2.97. The molecule has 1 aliphatic heterocycles. The van der Waals surface area contributed by atoms with Crippen molar-refractivity contribution < 1.29 is 9.47 Å². The molecule has 3 nitrogen and oxygen atoms in total. The molecule has 88 valence electrons. The van der Waals surface area contributed by atoms with Gasteiger partial charge in [-0.15, -0.1) is 0 Å². The molecule has 2 N–H and O–H groups in total. The normalized spacial score (nSPS) is 22.2. The predicted octanol–water partition coefficient (Wildman–Crippen LogP) is 2.53. The summed E-state index contributed by atoms with van der Waals surface area (Å²) in [5, 5.41) is 0. The number of hydrogen-bond acceptors (Lipinski definition) is 3. The Labute approximate surface area is 96.5 Å².